The van der Waals surface area contributed by atoms with Crippen molar-refractivity contribution in [1.29, 1.82) is 0 Å². The zero-order valence-electron chi connectivity index (χ0n) is 29.2. The highest BCUT2D eigenvalue weighted by molar-refractivity contribution is 5.65. The third-order valence-electron chi connectivity index (χ3n) is 8.46. The molecule has 1 N–H and O–H groups in total. The molecule has 272 valence electrons. The highest BCUT2D eigenvalue weighted by Crippen LogP contribution is 2.41. The van der Waals surface area contributed by atoms with Crippen molar-refractivity contribution in [3.05, 3.63) is 71.8 Å². The first-order chi connectivity index (χ1) is 23.4. The minimum absolute atomic E-state index is 0.148. The van der Waals surface area contributed by atoms with Gasteiger partial charge < -0.3 is 57.2 Å². The first-order valence-corrected chi connectivity index (χ1v) is 16.6. The molecular formula is C36H50O13. The second kappa shape index (κ2) is 16.7. The lowest BCUT2D eigenvalue weighted by Crippen LogP contribution is -2.61. The number of aliphatic hydroxyl groups excluding tert-OH is 1. The molecule has 0 radical (unpaired) electrons. The Morgan fingerprint density at radius 3 is 2.00 bits per heavy atom. The SMILES string of the molecule is COC(OC)[C@@H]1OC(C)(C)O[C@H]1[C@H](O[C@@H]1O[C@H](COCc2ccccc2)[C@@H]2OC(C)(C)O[C@@H]2[C@H]1OCc1ccccc1)[C@H](O)COC(C)=O. The zero-order valence-corrected chi connectivity index (χ0v) is 29.2. The summed E-state index contributed by atoms with van der Waals surface area (Å²) in [6.07, 6.45) is -9.12. The molecule has 3 fully saturated rings. The van der Waals surface area contributed by atoms with Crippen molar-refractivity contribution < 1.29 is 62.0 Å². The molecule has 0 saturated carbocycles. The molecule has 13 heteroatoms. The molecule has 2 aromatic carbocycles. The van der Waals surface area contributed by atoms with Gasteiger partial charge in [-0.25, -0.2) is 0 Å². The predicted octanol–water partition coefficient (Wildman–Crippen LogP) is 3.48. The lowest BCUT2D eigenvalue weighted by Gasteiger charge is -2.44. The highest BCUT2D eigenvalue weighted by Gasteiger charge is 2.58. The number of hydrogen-bond acceptors (Lipinski definition) is 13. The van der Waals surface area contributed by atoms with Crippen molar-refractivity contribution in [1.82, 2.24) is 0 Å². The molecular weight excluding hydrogens is 640 g/mol. The van der Waals surface area contributed by atoms with Crippen LogP contribution in [0.3, 0.4) is 0 Å². The molecule has 3 aliphatic rings. The Labute approximate surface area is 287 Å². The van der Waals surface area contributed by atoms with Crippen LogP contribution in [0.15, 0.2) is 60.7 Å². The minimum atomic E-state index is -1.38. The van der Waals surface area contributed by atoms with Gasteiger partial charge in [0.1, 0.15) is 55.4 Å². The standard InChI is InChI=1S/C36H50O13/c1-22(37)42-20-25(38)27(29-32(33(39-6)40-7)49-36(4,5)47-29)45-34-31(43-19-24-16-12-9-13-17-24)30-28(46-35(2,3)48-30)26(44-34)21-41-18-23-14-10-8-11-15-23/h8-17,25-34,38H,18-21H2,1-7H3/t25-,26-,27-,28+,29+,30+,31-,32-,34+/m1/s1. The zero-order chi connectivity index (χ0) is 35.2. The Kier molecular flexibility index (Phi) is 12.8. The third kappa shape index (κ3) is 9.83. The fourth-order valence-electron chi connectivity index (χ4n) is 6.38. The van der Waals surface area contributed by atoms with Crippen molar-refractivity contribution >= 4 is 5.97 Å². The Balaban J connectivity index is 1.47. The maximum atomic E-state index is 11.8. The number of esters is 1. The molecule has 0 amide bonds. The minimum Gasteiger partial charge on any atom is -0.463 e. The Morgan fingerprint density at radius 1 is 0.816 bits per heavy atom. The fourth-order valence-corrected chi connectivity index (χ4v) is 6.38. The van der Waals surface area contributed by atoms with Crippen molar-refractivity contribution in [2.24, 2.45) is 0 Å². The van der Waals surface area contributed by atoms with Gasteiger partial charge in [-0.3, -0.25) is 4.79 Å². The molecule has 5 rings (SSSR count). The molecule has 0 aromatic heterocycles. The summed E-state index contributed by atoms with van der Waals surface area (Å²) < 4.78 is 67.7. The first kappa shape index (κ1) is 37.7. The number of hydrogen-bond donors (Lipinski definition) is 1. The summed E-state index contributed by atoms with van der Waals surface area (Å²) in [5.74, 6) is -2.63. The van der Waals surface area contributed by atoms with Gasteiger partial charge in [-0.05, 0) is 38.8 Å². The number of carbonyl (C=O) groups excluding carboxylic acids is 1. The van der Waals surface area contributed by atoms with Gasteiger partial charge in [-0.15, -0.1) is 0 Å². The summed E-state index contributed by atoms with van der Waals surface area (Å²) >= 11 is 0. The van der Waals surface area contributed by atoms with Crippen molar-refractivity contribution in [2.45, 2.75) is 121 Å². The topological polar surface area (TPSA) is 139 Å². The van der Waals surface area contributed by atoms with Gasteiger partial charge in [0.25, 0.3) is 0 Å². The normalized spacial score (nSPS) is 30.2. The van der Waals surface area contributed by atoms with Crippen LogP contribution in [0, 0.1) is 0 Å². The molecule has 9 atom stereocenters. The van der Waals surface area contributed by atoms with Crippen LogP contribution in [-0.4, -0.2) is 111 Å². The van der Waals surface area contributed by atoms with E-state index in [-0.39, 0.29) is 19.8 Å². The van der Waals surface area contributed by atoms with E-state index in [0.29, 0.717) is 6.61 Å². The highest BCUT2D eigenvalue weighted by atomic mass is 16.8. The predicted molar refractivity (Wildman–Crippen MR) is 173 cm³/mol. The van der Waals surface area contributed by atoms with Gasteiger partial charge in [0.15, 0.2) is 24.2 Å². The van der Waals surface area contributed by atoms with Crippen LogP contribution >= 0.6 is 0 Å². The number of carbonyl (C=O) groups is 1. The molecule has 0 bridgehead atoms. The van der Waals surface area contributed by atoms with Crippen LogP contribution in [0.1, 0.15) is 45.7 Å². The van der Waals surface area contributed by atoms with E-state index in [9.17, 15) is 9.90 Å². The largest absolute Gasteiger partial charge is 0.463 e. The maximum absolute atomic E-state index is 11.8. The second-order valence-corrected chi connectivity index (χ2v) is 13.2. The number of benzene rings is 2. The molecule has 3 aliphatic heterocycles. The Bertz CT molecular complexity index is 1300. The van der Waals surface area contributed by atoms with Crippen LogP contribution in [0.2, 0.25) is 0 Å². The molecule has 0 aliphatic carbocycles. The van der Waals surface area contributed by atoms with E-state index < -0.39 is 79.0 Å². The van der Waals surface area contributed by atoms with Gasteiger partial charge in [0, 0.05) is 21.1 Å². The van der Waals surface area contributed by atoms with Gasteiger partial charge in [-0.2, -0.15) is 0 Å². The number of fused-ring (bicyclic) bond motifs is 1. The average molecular weight is 691 g/mol. The first-order valence-electron chi connectivity index (χ1n) is 16.6. The third-order valence-corrected chi connectivity index (χ3v) is 8.46. The molecule has 49 heavy (non-hydrogen) atoms. The van der Waals surface area contributed by atoms with Crippen LogP contribution in [0.4, 0.5) is 0 Å². The molecule has 0 unspecified atom stereocenters. The Hall–Kier alpha value is -2.53. The quantitative estimate of drug-likeness (QED) is 0.203. The van der Waals surface area contributed by atoms with Gasteiger partial charge in [-0.1, -0.05) is 60.7 Å². The van der Waals surface area contributed by atoms with E-state index in [1.165, 1.54) is 21.1 Å². The summed E-state index contributed by atoms with van der Waals surface area (Å²) in [4.78, 5) is 11.8. The van der Waals surface area contributed by atoms with E-state index in [0.717, 1.165) is 11.1 Å². The van der Waals surface area contributed by atoms with Crippen LogP contribution < -0.4 is 0 Å². The van der Waals surface area contributed by atoms with Crippen LogP contribution in [-0.2, 0) is 70.1 Å². The molecule has 0 spiro atoms. The van der Waals surface area contributed by atoms with E-state index in [1.54, 1.807) is 13.8 Å². The number of rotatable bonds is 16. The van der Waals surface area contributed by atoms with Crippen LogP contribution in [0.5, 0.6) is 0 Å². The van der Waals surface area contributed by atoms with Crippen LogP contribution in [0.25, 0.3) is 0 Å². The number of ether oxygens (including phenoxy) is 11. The van der Waals surface area contributed by atoms with Crippen molar-refractivity contribution in [2.75, 3.05) is 27.4 Å². The average Bonchev–Trinajstić information content (AvgIpc) is 3.57. The smallest absolute Gasteiger partial charge is 0.302 e. The monoisotopic (exact) mass is 690 g/mol. The van der Waals surface area contributed by atoms with Gasteiger partial charge in [0.2, 0.25) is 0 Å². The number of aliphatic hydroxyl groups is 1. The second-order valence-electron chi connectivity index (χ2n) is 13.2. The lowest BCUT2D eigenvalue weighted by molar-refractivity contribution is -0.324. The van der Waals surface area contributed by atoms with Crippen molar-refractivity contribution in [3.8, 4) is 0 Å². The molecule has 3 heterocycles. The summed E-state index contributed by atoms with van der Waals surface area (Å²) in [6.45, 7) is 8.71. The summed E-state index contributed by atoms with van der Waals surface area (Å²) in [6, 6.07) is 19.5. The molecule has 2 aromatic rings. The van der Waals surface area contributed by atoms with E-state index in [4.69, 9.17) is 52.1 Å². The summed E-state index contributed by atoms with van der Waals surface area (Å²) in [5, 5.41) is 11.6. The van der Waals surface area contributed by atoms with Gasteiger partial charge in [0.05, 0.1) is 19.8 Å². The fraction of sp³-hybridized carbons (Fsp3) is 0.639. The Morgan fingerprint density at radius 2 is 1.39 bits per heavy atom. The summed E-state index contributed by atoms with van der Waals surface area (Å²) in [7, 11) is 2.95. The lowest BCUT2D eigenvalue weighted by atomic mass is 9.98. The number of methoxy groups -OCH3 is 2. The van der Waals surface area contributed by atoms with E-state index in [2.05, 4.69) is 0 Å². The van der Waals surface area contributed by atoms with Gasteiger partial charge >= 0.3 is 5.97 Å². The molecule has 13 nitrogen and oxygen atoms in total. The summed E-state index contributed by atoms with van der Waals surface area (Å²) in [5.41, 5.74) is 1.93. The van der Waals surface area contributed by atoms with Crippen molar-refractivity contribution in [3.63, 3.8) is 0 Å². The molecule has 3 saturated heterocycles. The maximum Gasteiger partial charge on any atom is 0.302 e. The van der Waals surface area contributed by atoms with E-state index >= 15 is 0 Å². The van der Waals surface area contributed by atoms with E-state index in [1.807, 2.05) is 74.5 Å².